The Bertz CT molecular complexity index is 3000. The van der Waals surface area contributed by atoms with Crippen LogP contribution >= 0.6 is 0 Å². The van der Waals surface area contributed by atoms with Crippen LogP contribution in [-0.2, 0) is 10.8 Å². The highest BCUT2D eigenvalue weighted by molar-refractivity contribution is 6.17. The molecule has 0 unspecified atom stereocenters. The second-order valence-corrected chi connectivity index (χ2v) is 16.1. The fraction of sp³-hybridized carbons (Fsp3) is 0.115. The minimum Gasteiger partial charge on any atom is -0.453 e. The maximum Gasteiger partial charge on any atom is 0.159 e. The van der Waals surface area contributed by atoms with Crippen molar-refractivity contribution < 1.29 is 4.42 Å². The van der Waals surface area contributed by atoms with Crippen LogP contribution in [0.1, 0.15) is 49.9 Å². The fourth-order valence-electron chi connectivity index (χ4n) is 9.70. The van der Waals surface area contributed by atoms with Gasteiger partial charge in [0.1, 0.15) is 5.58 Å². The first-order chi connectivity index (χ1) is 26.3. The Labute approximate surface area is 315 Å². The summed E-state index contributed by atoms with van der Waals surface area (Å²) in [4.78, 5) is 2.43. The smallest absolute Gasteiger partial charge is 0.159 e. The van der Waals surface area contributed by atoms with Gasteiger partial charge in [0.05, 0.1) is 11.4 Å². The summed E-state index contributed by atoms with van der Waals surface area (Å²) in [5.74, 6) is 0. The van der Waals surface area contributed by atoms with Crippen molar-refractivity contribution in [3.05, 3.63) is 186 Å². The molecule has 258 valence electrons. The predicted molar refractivity (Wildman–Crippen MR) is 226 cm³/mol. The van der Waals surface area contributed by atoms with Gasteiger partial charge in [0.25, 0.3) is 0 Å². The Morgan fingerprint density at radius 1 is 0.407 bits per heavy atom. The van der Waals surface area contributed by atoms with E-state index in [2.05, 4.69) is 196 Å². The van der Waals surface area contributed by atoms with Crippen molar-refractivity contribution >= 4 is 49.8 Å². The van der Waals surface area contributed by atoms with Crippen molar-refractivity contribution in [2.45, 2.75) is 38.5 Å². The molecular weight excluding hydrogens is 655 g/mol. The monoisotopic (exact) mass is 693 g/mol. The van der Waals surface area contributed by atoms with Crippen molar-refractivity contribution in [3.63, 3.8) is 0 Å². The summed E-state index contributed by atoms with van der Waals surface area (Å²) in [6.45, 7) is 9.40. The SMILES string of the molecule is CC1(C)c2ccccc2-c2ccc(-c3ccc(N(c4cccc5c4-c4ccccc4C5(C)C)c4cccc5c4oc4c6ccccc6ccc54)cc3)cc21. The molecule has 54 heavy (non-hydrogen) atoms. The number of hydrogen-bond acceptors (Lipinski definition) is 2. The maximum absolute atomic E-state index is 6.99. The highest BCUT2D eigenvalue weighted by atomic mass is 16.3. The van der Waals surface area contributed by atoms with Crippen LogP contribution in [0.3, 0.4) is 0 Å². The van der Waals surface area contributed by atoms with Gasteiger partial charge in [-0.1, -0.05) is 155 Å². The summed E-state index contributed by atoms with van der Waals surface area (Å²) in [7, 11) is 0. The molecule has 0 saturated carbocycles. The third-order valence-electron chi connectivity index (χ3n) is 12.5. The van der Waals surface area contributed by atoms with Crippen molar-refractivity contribution in [2.75, 3.05) is 4.90 Å². The Hall–Kier alpha value is -6.38. The molecule has 8 aromatic carbocycles. The van der Waals surface area contributed by atoms with Crippen molar-refractivity contribution in [1.82, 2.24) is 0 Å². The molecule has 0 aliphatic heterocycles. The lowest BCUT2D eigenvalue weighted by Gasteiger charge is -2.29. The zero-order valence-electron chi connectivity index (χ0n) is 30.9. The molecule has 2 aliphatic carbocycles. The molecule has 0 N–H and O–H groups in total. The van der Waals surface area contributed by atoms with E-state index in [1.54, 1.807) is 0 Å². The van der Waals surface area contributed by atoms with Gasteiger partial charge in [0, 0.05) is 38.2 Å². The van der Waals surface area contributed by atoms with Crippen molar-refractivity contribution in [3.8, 4) is 33.4 Å². The lowest BCUT2D eigenvalue weighted by molar-refractivity contribution is 0.660. The topological polar surface area (TPSA) is 16.4 Å². The van der Waals surface area contributed by atoms with Crippen LogP contribution in [0.5, 0.6) is 0 Å². The van der Waals surface area contributed by atoms with E-state index in [-0.39, 0.29) is 10.8 Å². The third kappa shape index (κ3) is 4.23. The van der Waals surface area contributed by atoms with Crippen LogP contribution in [0, 0.1) is 0 Å². The molecule has 0 spiro atoms. The molecule has 0 atom stereocenters. The molecular formula is C52H39NO. The average molecular weight is 694 g/mol. The van der Waals surface area contributed by atoms with E-state index in [9.17, 15) is 0 Å². The molecule has 1 aromatic heterocycles. The van der Waals surface area contributed by atoms with Gasteiger partial charge < -0.3 is 9.32 Å². The normalized spacial score (nSPS) is 14.6. The molecule has 2 aliphatic rings. The van der Waals surface area contributed by atoms with Gasteiger partial charge in [0.2, 0.25) is 0 Å². The molecule has 11 rings (SSSR count). The molecule has 0 amide bonds. The van der Waals surface area contributed by atoms with Gasteiger partial charge in [-0.3, -0.25) is 0 Å². The van der Waals surface area contributed by atoms with Gasteiger partial charge in [-0.05, 0) is 91.9 Å². The summed E-state index contributed by atoms with van der Waals surface area (Å²) in [5.41, 5.74) is 18.1. The summed E-state index contributed by atoms with van der Waals surface area (Å²) in [6.07, 6.45) is 0. The quantitative estimate of drug-likeness (QED) is 0.182. The number of benzene rings is 8. The first-order valence-corrected chi connectivity index (χ1v) is 19.0. The van der Waals surface area contributed by atoms with E-state index < -0.39 is 0 Å². The Morgan fingerprint density at radius 2 is 1.00 bits per heavy atom. The summed E-state index contributed by atoms with van der Waals surface area (Å²) < 4.78 is 6.99. The van der Waals surface area contributed by atoms with Gasteiger partial charge >= 0.3 is 0 Å². The largest absolute Gasteiger partial charge is 0.453 e. The lowest BCUT2D eigenvalue weighted by atomic mass is 9.81. The molecule has 1 heterocycles. The van der Waals surface area contributed by atoms with Crippen LogP contribution in [0.4, 0.5) is 17.1 Å². The number of furan rings is 1. The lowest BCUT2D eigenvalue weighted by Crippen LogP contribution is -2.16. The summed E-state index contributed by atoms with van der Waals surface area (Å²) >= 11 is 0. The van der Waals surface area contributed by atoms with Crippen molar-refractivity contribution in [2.24, 2.45) is 0 Å². The van der Waals surface area contributed by atoms with Crippen LogP contribution in [0.15, 0.2) is 168 Å². The number of para-hydroxylation sites is 1. The van der Waals surface area contributed by atoms with E-state index in [0.29, 0.717) is 0 Å². The fourth-order valence-corrected chi connectivity index (χ4v) is 9.70. The van der Waals surface area contributed by atoms with Crippen molar-refractivity contribution in [1.29, 1.82) is 0 Å². The van der Waals surface area contributed by atoms with Gasteiger partial charge in [0.15, 0.2) is 5.58 Å². The van der Waals surface area contributed by atoms with Gasteiger partial charge in [-0.25, -0.2) is 0 Å². The van der Waals surface area contributed by atoms with E-state index in [0.717, 1.165) is 44.4 Å². The highest BCUT2D eigenvalue weighted by Crippen LogP contribution is 2.55. The number of fused-ring (bicyclic) bond motifs is 11. The second-order valence-electron chi connectivity index (χ2n) is 16.1. The molecule has 0 saturated heterocycles. The molecule has 2 nitrogen and oxygen atoms in total. The van der Waals surface area contributed by atoms with Crippen LogP contribution < -0.4 is 4.90 Å². The molecule has 0 fully saturated rings. The average Bonchev–Trinajstić information content (AvgIpc) is 3.79. The highest BCUT2D eigenvalue weighted by Gasteiger charge is 2.38. The van der Waals surface area contributed by atoms with Gasteiger partial charge in [-0.15, -0.1) is 0 Å². The first-order valence-electron chi connectivity index (χ1n) is 19.0. The van der Waals surface area contributed by atoms with Crippen LogP contribution in [0.25, 0.3) is 66.1 Å². The molecule has 9 aromatic rings. The van der Waals surface area contributed by atoms with Crippen LogP contribution in [0.2, 0.25) is 0 Å². The Kier molecular flexibility index (Phi) is 6.39. The summed E-state index contributed by atoms with van der Waals surface area (Å²) in [6, 6.07) is 60.2. The van der Waals surface area contributed by atoms with E-state index in [4.69, 9.17) is 4.42 Å². The molecule has 0 radical (unpaired) electrons. The maximum atomic E-state index is 6.99. The second kappa shape index (κ2) is 11.1. The molecule has 0 bridgehead atoms. The Morgan fingerprint density at radius 3 is 1.83 bits per heavy atom. The number of hydrogen-bond donors (Lipinski definition) is 0. The minimum atomic E-state index is -0.122. The summed E-state index contributed by atoms with van der Waals surface area (Å²) in [5, 5.41) is 4.55. The van der Waals surface area contributed by atoms with E-state index in [1.165, 1.54) is 61.0 Å². The predicted octanol–water partition coefficient (Wildman–Crippen LogP) is 14.5. The van der Waals surface area contributed by atoms with E-state index in [1.807, 2.05) is 0 Å². The number of anilines is 3. The third-order valence-corrected chi connectivity index (χ3v) is 12.5. The Balaban J connectivity index is 1.12. The minimum absolute atomic E-state index is 0.0486. The zero-order valence-corrected chi connectivity index (χ0v) is 30.9. The standard InChI is InChI=1S/C52H39NO/c1-51(2)43-19-10-8-16-41(43)48-44(51)20-12-21-46(48)53(47-22-11-17-39-40-30-25-33-13-5-6-14-36(33)49(40)54-50(39)47)35-27-23-32(24-28-35)34-26-29-38-37-15-7-9-18-42(37)52(3,4)45(38)31-34/h5-31H,1-4H3. The van der Waals surface area contributed by atoms with E-state index >= 15 is 0 Å². The number of nitrogens with zero attached hydrogens (tertiary/aromatic N) is 1. The number of rotatable bonds is 4. The van der Waals surface area contributed by atoms with Gasteiger partial charge in [-0.2, -0.15) is 0 Å². The van der Waals surface area contributed by atoms with Crippen LogP contribution in [-0.4, -0.2) is 0 Å². The zero-order chi connectivity index (χ0) is 36.3. The first kappa shape index (κ1) is 31.2. The molecule has 2 heteroatoms.